The normalized spacial score (nSPS) is 14.2. The summed E-state index contributed by atoms with van der Waals surface area (Å²) in [6, 6.07) is 21.6. The molecule has 5 rings (SSSR count). The van der Waals surface area contributed by atoms with Crippen molar-refractivity contribution in [3.8, 4) is 5.69 Å². The van der Waals surface area contributed by atoms with Crippen molar-refractivity contribution in [1.29, 1.82) is 0 Å². The maximum Gasteiger partial charge on any atom is 0.247 e. The van der Waals surface area contributed by atoms with Gasteiger partial charge in [0.1, 0.15) is 12.4 Å². The first kappa shape index (κ1) is 27.0. The van der Waals surface area contributed by atoms with E-state index in [1.165, 1.54) is 17.1 Å². The topological polar surface area (TPSA) is 114 Å². The Morgan fingerprint density at radius 3 is 2.52 bits per heavy atom. The Labute approximate surface area is 236 Å². The van der Waals surface area contributed by atoms with Crippen LogP contribution in [-0.2, 0) is 20.7 Å². The minimum atomic E-state index is -0.809. The fourth-order valence-electron chi connectivity index (χ4n) is 4.39. The van der Waals surface area contributed by atoms with Crippen LogP contribution in [0, 0.1) is 0 Å². The highest BCUT2D eigenvalue weighted by atomic mass is 35.5. The van der Waals surface area contributed by atoms with E-state index in [-0.39, 0.29) is 5.91 Å². The second kappa shape index (κ2) is 13.0. The minimum Gasteiger partial charge on any atom is -0.378 e. The number of carbonyl (C=O) groups is 2. The van der Waals surface area contributed by atoms with E-state index in [1.807, 2.05) is 54.6 Å². The largest absolute Gasteiger partial charge is 0.378 e. The van der Waals surface area contributed by atoms with Crippen molar-refractivity contribution in [2.45, 2.75) is 12.5 Å². The van der Waals surface area contributed by atoms with Gasteiger partial charge in [0.25, 0.3) is 0 Å². The number of morpholine rings is 1. The summed E-state index contributed by atoms with van der Waals surface area (Å²) in [5, 5.41) is 17.5. The number of aromatic nitrogens is 4. The lowest BCUT2D eigenvalue weighted by molar-refractivity contribution is -0.123. The van der Waals surface area contributed by atoms with Gasteiger partial charge in [-0.15, -0.1) is 5.10 Å². The SMILES string of the molecule is O=C(/C=C/c1cc(Cl)ccc1-n1cnnn1)N[C@@H](Cc1ccccc1)C(=O)Nc1ccc(N2CCOCC2)cc1. The number of benzene rings is 3. The summed E-state index contributed by atoms with van der Waals surface area (Å²) in [6.45, 7) is 3.06. The van der Waals surface area contributed by atoms with Gasteiger partial charge < -0.3 is 20.3 Å². The average molecular weight is 558 g/mol. The van der Waals surface area contributed by atoms with Gasteiger partial charge in [0.05, 0.1) is 18.9 Å². The van der Waals surface area contributed by atoms with Crippen molar-refractivity contribution in [1.82, 2.24) is 25.5 Å². The molecule has 1 aliphatic rings. The molecule has 1 fully saturated rings. The van der Waals surface area contributed by atoms with Gasteiger partial charge >= 0.3 is 0 Å². The molecule has 3 aromatic carbocycles. The molecule has 4 aromatic rings. The van der Waals surface area contributed by atoms with Crippen LogP contribution in [0.5, 0.6) is 0 Å². The lowest BCUT2D eigenvalue weighted by atomic mass is 10.0. The molecule has 1 atom stereocenters. The van der Waals surface area contributed by atoms with E-state index in [2.05, 4.69) is 31.1 Å². The van der Waals surface area contributed by atoms with Crippen LogP contribution in [0.3, 0.4) is 0 Å². The Morgan fingerprint density at radius 1 is 1.02 bits per heavy atom. The third kappa shape index (κ3) is 7.10. The molecule has 0 radical (unpaired) electrons. The van der Waals surface area contributed by atoms with Gasteiger partial charge in [-0.1, -0.05) is 41.9 Å². The molecule has 2 N–H and O–H groups in total. The number of tetrazole rings is 1. The average Bonchev–Trinajstić information content (AvgIpc) is 3.52. The third-order valence-electron chi connectivity index (χ3n) is 6.43. The van der Waals surface area contributed by atoms with Gasteiger partial charge in [0, 0.05) is 47.5 Å². The highest BCUT2D eigenvalue weighted by Gasteiger charge is 2.21. The number of rotatable bonds is 9. The van der Waals surface area contributed by atoms with Gasteiger partial charge in [-0.25, -0.2) is 0 Å². The Hall–Kier alpha value is -4.54. The zero-order valence-corrected chi connectivity index (χ0v) is 22.4. The molecule has 1 saturated heterocycles. The van der Waals surface area contributed by atoms with Gasteiger partial charge in [0.2, 0.25) is 11.8 Å². The van der Waals surface area contributed by atoms with E-state index in [9.17, 15) is 9.59 Å². The monoisotopic (exact) mass is 557 g/mol. The molecule has 40 heavy (non-hydrogen) atoms. The van der Waals surface area contributed by atoms with Gasteiger partial charge in [-0.3, -0.25) is 9.59 Å². The quantitative estimate of drug-likeness (QED) is 0.303. The number of carbonyl (C=O) groups excluding carboxylic acids is 2. The van der Waals surface area contributed by atoms with E-state index >= 15 is 0 Å². The van der Waals surface area contributed by atoms with Gasteiger partial charge in [-0.05, 0) is 64.5 Å². The molecule has 2 amide bonds. The molecule has 2 heterocycles. The summed E-state index contributed by atoms with van der Waals surface area (Å²) < 4.78 is 6.90. The number of nitrogens with one attached hydrogen (secondary N) is 2. The Bertz CT molecular complexity index is 1460. The molecular formula is C29H28ClN7O3. The number of ether oxygens (including phenoxy) is 1. The van der Waals surface area contributed by atoms with Crippen molar-refractivity contribution < 1.29 is 14.3 Å². The first-order chi connectivity index (χ1) is 19.5. The predicted octanol–water partition coefficient (Wildman–Crippen LogP) is 3.53. The minimum absolute atomic E-state index is 0.318. The highest BCUT2D eigenvalue weighted by Crippen LogP contribution is 2.21. The fraction of sp³-hybridized carbons (Fsp3) is 0.207. The maximum absolute atomic E-state index is 13.3. The summed E-state index contributed by atoms with van der Waals surface area (Å²) in [5.41, 5.74) is 3.93. The molecule has 1 aliphatic heterocycles. The highest BCUT2D eigenvalue weighted by molar-refractivity contribution is 6.30. The summed E-state index contributed by atoms with van der Waals surface area (Å²) in [5.74, 6) is -0.747. The van der Waals surface area contributed by atoms with E-state index in [0.29, 0.717) is 41.6 Å². The molecule has 10 nitrogen and oxygen atoms in total. The fourth-order valence-corrected chi connectivity index (χ4v) is 4.57. The lowest BCUT2D eigenvalue weighted by Crippen LogP contribution is -2.44. The molecule has 0 spiro atoms. The van der Waals surface area contributed by atoms with Gasteiger partial charge in [-0.2, -0.15) is 4.68 Å². The molecule has 11 heteroatoms. The maximum atomic E-state index is 13.3. The number of hydrogen-bond acceptors (Lipinski definition) is 7. The number of hydrogen-bond donors (Lipinski definition) is 2. The summed E-state index contributed by atoms with van der Waals surface area (Å²) >= 11 is 6.18. The molecular weight excluding hydrogens is 530 g/mol. The Balaban J connectivity index is 1.29. The molecule has 0 saturated carbocycles. The van der Waals surface area contributed by atoms with Crippen LogP contribution in [0.15, 0.2) is 85.2 Å². The smallest absolute Gasteiger partial charge is 0.247 e. The second-order valence-corrected chi connectivity index (χ2v) is 9.61. The van der Waals surface area contributed by atoms with E-state index in [1.54, 1.807) is 24.3 Å². The zero-order chi connectivity index (χ0) is 27.7. The Kier molecular flexibility index (Phi) is 8.79. The number of halogens is 1. The number of anilines is 2. The lowest BCUT2D eigenvalue weighted by Gasteiger charge is -2.29. The van der Waals surface area contributed by atoms with Crippen LogP contribution >= 0.6 is 11.6 Å². The summed E-state index contributed by atoms with van der Waals surface area (Å²) in [7, 11) is 0. The van der Waals surface area contributed by atoms with Crippen LogP contribution < -0.4 is 15.5 Å². The molecule has 204 valence electrons. The van der Waals surface area contributed by atoms with Crippen molar-refractivity contribution in [2.24, 2.45) is 0 Å². The number of nitrogens with zero attached hydrogens (tertiary/aromatic N) is 5. The third-order valence-corrected chi connectivity index (χ3v) is 6.66. The van der Waals surface area contributed by atoms with Crippen LogP contribution in [0.4, 0.5) is 11.4 Å². The van der Waals surface area contributed by atoms with Crippen molar-refractivity contribution in [3.63, 3.8) is 0 Å². The van der Waals surface area contributed by atoms with Crippen molar-refractivity contribution in [3.05, 3.63) is 101 Å². The molecule has 0 aliphatic carbocycles. The van der Waals surface area contributed by atoms with E-state index < -0.39 is 11.9 Å². The van der Waals surface area contributed by atoms with Crippen LogP contribution in [0.1, 0.15) is 11.1 Å². The first-order valence-electron chi connectivity index (χ1n) is 12.8. The van der Waals surface area contributed by atoms with Crippen molar-refractivity contribution >= 4 is 40.9 Å². The van der Waals surface area contributed by atoms with Crippen LogP contribution in [-0.4, -0.2) is 64.4 Å². The Morgan fingerprint density at radius 2 is 1.80 bits per heavy atom. The predicted molar refractivity (Wildman–Crippen MR) is 153 cm³/mol. The zero-order valence-electron chi connectivity index (χ0n) is 21.6. The molecule has 0 bridgehead atoms. The summed E-state index contributed by atoms with van der Waals surface area (Å²) in [4.78, 5) is 28.6. The van der Waals surface area contributed by atoms with Crippen LogP contribution in [0.2, 0.25) is 5.02 Å². The summed E-state index contributed by atoms with van der Waals surface area (Å²) in [6.07, 6.45) is 4.75. The van der Waals surface area contributed by atoms with E-state index in [0.717, 1.165) is 24.3 Å². The first-order valence-corrected chi connectivity index (χ1v) is 13.2. The van der Waals surface area contributed by atoms with E-state index in [4.69, 9.17) is 16.3 Å². The second-order valence-electron chi connectivity index (χ2n) is 9.18. The number of amides is 2. The molecule has 1 aromatic heterocycles. The van der Waals surface area contributed by atoms with Gasteiger partial charge in [0.15, 0.2) is 0 Å². The standard InChI is InChI=1S/C29H28ClN7O3/c30-23-7-12-27(37-20-31-34-35-37)22(19-23)6-13-28(38)33-26(18-21-4-2-1-3-5-21)29(39)32-24-8-10-25(11-9-24)36-14-16-40-17-15-36/h1-13,19-20,26H,14-18H2,(H,32,39)(H,33,38)/b13-6+/t26-/m0/s1. The van der Waals surface area contributed by atoms with Crippen molar-refractivity contribution in [2.75, 3.05) is 36.5 Å². The molecule has 0 unspecified atom stereocenters. The van der Waals surface area contributed by atoms with Crippen LogP contribution in [0.25, 0.3) is 11.8 Å².